The van der Waals surface area contributed by atoms with Crippen LogP contribution in [0.25, 0.3) is 10.9 Å². The lowest BCUT2D eigenvalue weighted by molar-refractivity contribution is -0.123. The molecule has 7 heteroatoms. The molecule has 1 aromatic carbocycles. The average molecular weight is 316 g/mol. The van der Waals surface area contributed by atoms with Gasteiger partial charge in [0.05, 0.1) is 5.52 Å². The summed E-state index contributed by atoms with van der Waals surface area (Å²) in [6.45, 7) is 0.0783. The molecule has 0 bridgehead atoms. The van der Waals surface area contributed by atoms with Crippen LogP contribution in [0.5, 0.6) is 0 Å². The van der Waals surface area contributed by atoms with Gasteiger partial charge in [-0.05, 0) is 43.4 Å². The number of aromatic nitrogens is 2. The maximum atomic E-state index is 12.1. The van der Waals surface area contributed by atoms with Gasteiger partial charge in [-0.15, -0.1) is 0 Å². The van der Waals surface area contributed by atoms with Crippen molar-refractivity contribution in [3.63, 3.8) is 0 Å². The highest BCUT2D eigenvalue weighted by atomic mass is 16.3. The molecule has 3 rings (SSSR count). The summed E-state index contributed by atoms with van der Waals surface area (Å²) in [7, 11) is 0. The minimum absolute atomic E-state index is 0.0232. The number of fused-ring (bicyclic) bond motifs is 1. The smallest absolute Gasteiger partial charge is 0.269 e. The topological polar surface area (TPSA) is 110 Å². The first-order chi connectivity index (χ1) is 11.1. The Morgan fingerprint density at radius 1 is 1.39 bits per heavy atom. The highest BCUT2D eigenvalue weighted by Crippen LogP contribution is 2.21. The van der Waals surface area contributed by atoms with E-state index in [1.807, 2.05) is 6.07 Å². The van der Waals surface area contributed by atoms with Gasteiger partial charge in [0.25, 0.3) is 5.91 Å². The molecule has 0 saturated heterocycles. The van der Waals surface area contributed by atoms with Crippen LogP contribution in [-0.2, 0) is 17.8 Å². The SMILES string of the molecule is NC(=O)c1nn(CC(=O)NC2CCC2)c2ccc(CCO)cc12. The van der Waals surface area contributed by atoms with Gasteiger partial charge in [0.15, 0.2) is 5.69 Å². The Hall–Kier alpha value is -2.41. The molecule has 122 valence electrons. The molecule has 1 heterocycles. The number of amides is 2. The van der Waals surface area contributed by atoms with E-state index in [4.69, 9.17) is 10.8 Å². The van der Waals surface area contributed by atoms with E-state index in [-0.39, 0.29) is 30.8 Å². The largest absolute Gasteiger partial charge is 0.396 e. The maximum absolute atomic E-state index is 12.1. The van der Waals surface area contributed by atoms with Crippen LogP contribution >= 0.6 is 0 Å². The maximum Gasteiger partial charge on any atom is 0.269 e. The molecule has 0 radical (unpaired) electrons. The fraction of sp³-hybridized carbons (Fsp3) is 0.438. The standard InChI is InChI=1S/C16H20N4O3/c17-16(23)15-12-8-10(6-7-21)4-5-13(12)20(19-15)9-14(22)18-11-2-1-3-11/h4-5,8,11,21H,1-3,6-7,9H2,(H2,17,23)(H,18,22). The third kappa shape index (κ3) is 3.19. The number of carbonyl (C=O) groups excluding carboxylic acids is 2. The Balaban J connectivity index is 1.89. The van der Waals surface area contributed by atoms with Crippen molar-refractivity contribution >= 4 is 22.7 Å². The normalized spacial score (nSPS) is 14.7. The summed E-state index contributed by atoms with van der Waals surface area (Å²) in [5, 5.41) is 16.8. The zero-order valence-electron chi connectivity index (χ0n) is 12.8. The number of hydrogen-bond donors (Lipinski definition) is 3. The molecule has 23 heavy (non-hydrogen) atoms. The first kappa shape index (κ1) is 15.5. The quantitative estimate of drug-likeness (QED) is 0.713. The van der Waals surface area contributed by atoms with E-state index in [9.17, 15) is 9.59 Å². The molecule has 1 aromatic heterocycles. The van der Waals surface area contributed by atoms with Crippen molar-refractivity contribution in [3.8, 4) is 0 Å². The molecule has 0 spiro atoms. The second-order valence-corrected chi connectivity index (χ2v) is 5.89. The van der Waals surface area contributed by atoms with Crippen LogP contribution in [0, 0.1) is 0 Å². The number of rotatable bonds is 6. The van der Waals surface area contributed by atoms with Crippen LogP contribution in [0.1, 0.15) is 35.3 Å². The molecule has 1 aliphatic carbocycles. The lowest BCUT2D eigenvalue weighted by Gasteiger charge is -2.26. The number of aliphatic hydroxyl groups is 1. The lowest BCUT2D eigenvalue weighted by Crippen LogP contribution is -2.41. The molecule has 4 N–H and O–H groups in total. The van der Waals surface area contributed by atoms with Crippen LogP contribution in [0.3, 0.4) is 0 Å². The van der Waals surface area contributed by atoms with Crippen LogP contribution in [-0.4, -0.2) is 39.4 Å². The van der Waals surface area contributed by atoms with E-state index < -0.39 is 5.91 Å². The van der Waals surface area contributed by atoms with E-state index in [1.54, 1.807) is 12.1 Å². The molecular formula is C16H20N4O3. The van der Waals surface area contributed by atoms with E-state index >= 15 is 0 Å². The number of carbonyl (C=O) groups is 2. The summed E-state index contributed by atoms with van der Waals surface area (Å²) in [5.74, 6) is -0.746. The average Bonchev–Trinajstić information content (AvgIpc) is 2.82. The van der Waals surface area contributed by atoms with Crippen molar-refractivity contribution in [3.05, 3.63) is 29.5 Å². The van der Waals surface area contributed by atoms with Crippen LogP contribution < -0.4 is 11.1 Å². The summed E-state index contributed by atoms with van der Waals surface area (Å²) in [4.78, 5) is 23.7. The number of nitrogens with one attached hydrogen (secondary N) is 1. The van der Waals surface area contributed by atoms with Gasteiger partial charge in [-0.1, -0.05) is 6.07 Å². The Kier molecular flexibility index (Phi) is 4.29. The minimum Gasteiger partial charge on any atom is -0.396 e. The van der Waals surface area contributed by atoms with Gasteiger partial charge in [0, 0.05) is 18.0 Å². The van der Waals surface area contributed by atoms with Crippen molar-refractivity contribution in [2.45, 2.75) is 38.3 Å². The summed E-state index contributed by atoms with van der Waals surface area (Å²) in [6.07, 6.45) is 3.67. The second kappa shape index (κ2) is 6.37. The molecule has 7 nitrogen and oxygen atoms in total. The van der Waals surface area contributed by atoms with E-state index in [0.717, 1.165) is 24.8 Å². The van der Waals surface area contributed by atoms with Crippen molar-refractivity contribution in [2.75, 3.05) is 6.61 Å². The van der Waals surface area contributed by atoms with Crippen LogP contribution in [0.4, 0.5) is 0 Å². The van der Waals surface area contributed by atoms with E-state index in [0.29, 0.717) is 17.3 Å². The summed E-state index contributed by atoms with van der Waals surface area (Å²) in [6, 6.07) is 5.71. The number of hydrogen-bond acceptors (Lipinski definition) is 4. The first-order valence-corrected chi connectivity index (χ1v) is 7.78. The molecule has 0 unspecified atom stereocenters. The van der Waals surface area contributed by atoms with Crippen LogP contribution in [0.15, 0.2) is 18.2 Å². The van der Waals surface area contributed by atoms with Gasteiger partial charge < -0.3 is 16.2 Å². The summed E-state index contributed by atoms with van der Waals surface area (Å²) >= 11 is 0. The number of aliphatic hydroxyl groups excluding tert-OH is 1. The highest BCUT2D eigenvalue weighted by molar-refractivity contribution is 6.04. The van der Waals surface area contributed by atoms with Crippen molar-refractivity contribution in [2.24, 2.45) is 5.73 Å². The Labute approximate surface area is 133 Å². The number of nitrogens with zero attached hydrogens (tertiary/aromatic N) is 2. The van der Waals surface area contributed by atoms with Crippen LogP contribution in [0.2, 0.25) is 0 Å². The number of primary amides is 1. The Morgan fingerprint density at radius 2 is 2.17 bits per heavy atom. The predicted molar refractivity (Wildman–Crippen MR) is 84.8 cm³/mol. The monoisotopic (exact) mass is 316 g/mol. The van der Waals surface area contributed by atoms with Crippen molar-refractivity contribution < 1.29 is 14.7 Å². The molecule has 2 aromatic rings. The molecule has 0 aliphatic heterocycles. The number of benzene rings is 1. The van der Waals surface area contributed by atoms with E-state index in [1.165, 1.54) is 4.68 Å². The fourth-order valence-electron chi connectivity index (χ4n) is 2.78. The van der Waals surface area contributed by atoms with Gasteiger partial charge in [-0.25, -0.2) is 0 Å². The van der Waals surface area contributed by atoms with Gasteiger partial charge in [-0.3, -0.25) is 14.3 Å². The third-order valence-corrected chi connectivity index (χ3v) is 4.21. The predicted octanol–water partition coefficient (Wildman–Crippen LogP) is 0.339. The molecule has 1 fully saturated rings. The van der Waals surface area contributed by atoms with E-state index in [2.05, 4.69) is 10.4 Å². The fourth-order valence-corrected chi connectivity index (χ4v) is 2.78. The summed E-state index contributed by atoms with van der Waals surface area (Å²) < 4.78 is 1.51. The summed E-state index contributed by atoms with van der Waals surface area (Å²) in [5.41, 5.74) is 7.12. The lowest BCUT2D eigenvalue weighted by atomic mass is 9.93. The first-order valence-electron chi connectivity index (χ1n) is 7.78. The molecule has 1 aliphatic rings. The third-order valence-electron chi connectivity index (χ3n) is 4.21. The molecule has 1 saturated carbocycles. The molecular weight excluding hydrogens is 296 g/mol. The second-order valence-electron chi connectivity index (χ2n) is 5.89. The zero-order valence-corrected chi connectivity index (χ0v) is 12.8. The number of nitrogens with two attached hydrogens (primary N) is 1. The Morgan fingerprint density at radius 3 is 2.78 bits per heavy atom. The minimum atomic E-state index is -0.630. The van der Waals surface area contributed by atoms with Gasteiger partial charge in [0.1, 0.15) is 6.54 Å². The van der Waals surface area contributed by atoms with Crippen molar-refractivity contribution in [1.29, 1.82) is 0 Å². The van der Waals surface area contributed by atoms with Crippen molar-refractivity contribution in [1.82, 2.24) is 15.1 Å². The Bertz CT molecular complexity index is 749. The van der Waals surface area contributed by atoms with Gasteiger partial charge in [-0.2, -0.15) is 5.10 Å². The van der Waals surface area contributed by atoms with Gasteiger partial charge in [0.2, 0.25) is 5.91 Å². The zero-order chi connectivity index (χ0) is 16.4. The molecule has 2 amide bonds. The van der Waals surface area contributed by atoms with Gasteiger partial charge >= 0.3 is 0 Å². The molecule has 0 atom stereocenters. The highest BCUT2D eigenvalue weighted by Gasteiger charge is 2.21.